The maximum Gasteiger partial charge on any atom is 0.0929 e. The third-order valence-corrected chi connectivity index (χ3v) is 4.78. The number of aromatic nitrogens is 1. The molecule has 3 nitrogen and oxygen atoms in total. The number of hydrogen-bond acceptors (Lipinski definition) is 4. The van der Waals surface area contributed by atoms with Crippen LogP contribution in [0.25, 0.3) is 0 Å². The van der Waals surface area contributed by atoms with Gasteiger partial charge in [-0.2, -0.15) is 0 Å². The van der Waals surface area contributed by atoms with Gasteiger partial charge in [0.05, 0.1) is 23.2 Å². The maximum absolute atomic E-state index is 9.09. The molecule has 102 valence electrons. The first kappa shape index (κ1) is 14.3. The number of hydrogen-bond donors (Lipinski definition) is 1. The third-order valence-electron chi connectivity index (χ3n) is 3.55. The summed E-state index contributed by atoms with van der Waals surface area (Å²) in [6, 6.07) is 0.715. The number of nitrogens with zero attached hydrogens (tertiary/aromatic N) is 2. The Morgan fingerprint density at radius 3 is 2.83 bits per heavy atom. The Bertz CT molecular complexity index is 355. The van der Waals surface area contributed by atoms with Crippen LogP contribution in [0.4, 0.5) is 0 Å². The standard InChI is InChI=1S/C13H21ClN2OS/c14-9-11-10-18-13(15-11)5-2-6-16(7-8-17)12-3-1-4-12/h10,12,17H,1-9H2. The zero-order valence-electron chi connectivity index (χ0n) is 10.6. The molecule has 1 fully saturated rings. The van der Waals surface area contributed by atoms with Crippen LogP contribution >= 0.6 is 22.9 Å². The lowest BCUT2D eigenvalue weighted by molar-refractivity contribution is 0.100. The lowest BCUT2D eigenvalue weighted by atomic mass is 9.91. The van der Waals surface area contributed by atoms with Crippen LogP contribution in [-0.4, -0.2) is 40.7 Å². The van der Waals surface area contributed by atoms with Crippen molar-refractivity contribution in [2.45, 2.75) is 44.0 Å². The highest BCUT2D eigenvalue weighted by atomic mass is 35.5. The van der Waals surface area contributed by atoms with E-state index in [1.165, 1.54) is 24.3 Å². The molecule has 0 atom stereocenters. The Morgan fingerprint density at radius 2 is 2.28 bits per heavy atom. The Kier molecular flexibility index (Phi) is 5.89. The maximum atomic E-state index is 9.09. The molecular weight excluding hydrogens is 268 g/mol. The van der Waals surface area contributed by atoms with Crippen LogP contribution in [0.2, 0.25) is 0 Å². The van der Waals surface area contributed by atoms with Gasteiger partial charge in [0.2, 0.25) is 0 Å². The van der Waals surface area contributed by atoms with E-state index < -0.39 is 0 Å². The zero-order chi connectivity index (χ0) is 12.8. The predicted molar refractivity (Wildman–Crippen MR) is 76.3 cm³/mol. The molecule has 1 aliphatic carbocycles. The second-order valence-corrected chi connectivity index (χ2v) is 6.02. The molecule has 5 heteroatoms. The smallest absolute Gasteiger partial charge is 0.0929 e. The number of aliphatic hydroxyl groups is 1. The van der Waals surface area contributed by atoms with Crippen molar-refractivity contribution in [3.05, 3.63) is 16.1 Å². The van der Waals surface area contributed by atoms with Crippen LogP contribution in [0, 0.1) is 0 Å². The first-order valence-electron chi connectivity index (χ1n) is 6.67. The van der Waals surface area contributed by atoms with E-state index in [4.69, 9.17) is 16.7 Å². The van der Waals surface area contributed by atoms with E-state index in [-0.39, 0.29) is 6.61 Å². The molecule has 1 aliphatic rings. The van der Waals surface area contributed by atoms with Crippen molar-refractivity contribution >= 4 is 22.9 Å². The normalized spacial score (nSPS) is 16.2. The fraction of sp³-hybridized carbons (Fsp3) is 0.769. The highest BCUT2D eigenvalue weighted by molar-refractivity contribution is 7.09. The van der Waals surface area contributed by atoms with E-state index in [0.717, 1.165) is 31.6 Å². The number of alkyl halides is 1. The van der Waals surface area contributed by atoms with Gasteiger partial charge < -0.3 is 5.11 Å². The minimum absolute atomic E-state index is 0.268. The van der Waals surface area contributed by atoms with Gasteiger partial charge in [-0.05, 0) is 25.8 Å². The van der Waals surface area contributed by atoms with E-state index in [0.29, 0.717) is 11.9 Å². The monoisotopic (exact) mass is 288 g/mol. The molecule has 2 rings (SSSR count). The molecule has 0 unspecified atom stereocenters. The van der Waals surface area contributed by atoms with Crippen molar-refractivity contribution in [3.63, 3.8) is 0 Å². The summed E-state index contributed by atoms with van der Waals surface area (Å²) in [6.45, 7) is 2.15. The van der Waals surface area contributed by atoms with Crippen molar-refractivity contribution in [1.29, 1.82) is 0 Å². The number of rotatable bonds is 8. The van der Waals surface area contributed by atoms with E-state index >= 15 is 0 Å². The van der Waals surface area contributed by atoms with Crippen LogP contribution in [0.5, 0.6) is 0 Å². The first-order valence-corrected chi connectivity index (χ1v) is 8.09. The van der Waals surface area contributed by atoms with Gasteiger partial charge in [-0.25, -0.2) is 4.98 Å². The van der Waals surface area contributed by atoms with Crippen LogP contribution < -0.4 is 0 Å². The number of thiazole rings is 1. The molecule has 1 aromatic heterocycles. The van der Waals surface area contributed by atoms with Gasteiger partial charge in [-0.1, -0.05) is 6.42 Å². The number of aliphatic hydroxyl groups excluding tert-OH is 1. The SMILES string of the molecule is OCCN(CCCc1nc(CCl)cs1)C1CCC1. The van der Waals surface area contributed by atoms with Crippen molar-refractivity contribution in [3.8, 4) is 0 Å². The number of halogens is 1. The summed E-state index contributed by atoms with van der Waals surface area (Å²) in [5.74, 6) is 0.509. The summed E-state index contributed by atoms with van der Waals surface area (Å²) in [4.78, 5) is 6.90. The minimum Gasteiger partial charge on any atom is -0.395 e. The second kappa shape index (κ2) is 7.43. The topological polar surface area (TPSA) is 36.4 Å². The predicted octanol–water partition coefficient (Wildman–Crippen LogP) is 2.66. The largest absolute Gasteiger partial charge is 0.395 e. The fourth-order valence-corrected chi connectivity index (χ4v) is 3.38. The van der Waals surface area contributed by atoms with Gasteiger partial charge in [-0.15, -0.1) is 22.9 Å². The Hall–Kier alpha value is -0.160. The summed E-state index contributed by atoms with van der Waals surface area (Å²) in [6.07, 6.45) is 6.08. The number of aryl methyl sites for hydroxylation is 1. The van der Waals surface area contributed by atoms with Gasteiger partial charge in [0.1, 0.15) is 0 Å². The Labute approximate surface area is 118 Å². The van der Waals surface area contributed by atoms with E-state index in [1.54, 1.807) is 11.3 Å². The van der Waals surface area contributed by atoms with E-state index in [2.05, 4.69) is 9.88 Å². The summed E-state index contributed by atoms with van der Waals surface area (Å²) >= 11 is 7.45. The van der Waals surface area contributed by atoms with Gasteiger partial charge in [0.15, 0.2) is 0 Å². The van der Waals surface area contributed by atoms with Gasteiger partial charge in [0.25, 0.3) is 0 Å². The average molecular weight is 289 g/mol. The lowest BCUT2D eigenvalue weighted by Gasteiger charge is -2.37. The summed E-state index contributed by atoms with van der Waals surface area (Å²) < 4.78 is 0. The third kappa shape index (κ3) is 3.92. The molecule has 0 bridgehead atoms. The highest BCUT2D eigenvalue weighted by Gasteiger charge is 2.23. The quantitative estimate of drug-likeness (QED) is 0.747. The molecule has 1 saturated carbocycles. The summed E-state index contributed by atoms with van der Waals surface area (Å²) in [7, 11) is 0. The zero-order valence-corrected chi connectivity index (χ0v) is 12.2. The minimum atomic E-state index is 0.268. The molecule has 0 aromatic carbocycles. The van der Waals surface area contributed by atoms with Crippen molar-refractivity contribution in [1.82, 2.24) is 9.88 Å². The second-order valence-electron chi connectivity index (χ2n) is 4.81. The highest BCUT2D eigenvalue weighted by Crippen LogP contribution is 2.25. The molecule has 0 aliphatic heterocycles. The summed E-state index contributed by atoms with van der Waals surface area (Å²) in [5, 5.41) is 12.3. The first-order chi connectivity index (χ1) is 8.83. The lowest BCUT2D eigenvalue weighted by Crippen LogP contribution is -2.42. The molecule has 0 spiro atoms. The van der Waals surface area contributed by atoms with E-state index in [1.807, 2.05) is 5.38 Å². The molecule has 0 saturated heterocycles. The van der Waals surface area contributed by atoms with Gasteiger partial charge in [0, 0.05) is 24.4 Å². The van der Waals surface area contributed by atoms with Crippen LogP contribution in [-0.2, 0) is 12.3 Å². The Balaban J connectivity index is 1.71. The molecule has 1 N–H and O–H groups in total. The molecule has 0 amide bonds. The fourth-order valence-electron chi connectivity index (χ4n) is 2.32. The van der Waals surface area contributed by atoms with Crippen LogP contribution in [0.3, 0.4) is 0 Å². The Morgan fingerprint density at radius 1 is 1.44 bits per heavy atom. The molecule has 18 heavy (non-hydrogen) atoms. The van der Waals surface area contributed by atoms with Crippen molar-refractivity contribution < 1.29 is 5.11 Å². The van der Waals surface area contributed by atoms with Crippen molar-refractivity contribution in [2.75, 3.05) is 19.7 Å². The molecule has 0 radical (unpaired) electrons. The van der Waals surface area contributed by atoms with E-state index in [9.17, 15) is 0 Å². The van der Waals surface area contributed by atoms with Gasteiger partial charge >= 0.3 is 0 Å². The van der Waals surface area contributed by atoms with Crippen LogP contribution in [0.15, 0.2) is 5.38 Å². The van der Waals surface area contributed by atoms with Gasteiger partial charge in [-0.3, -0.25) is 4.90 Å². The average Bonchev–Trinajstić information content (AvgIpc) is 2.75. The molecule has 1 aromatic rings. The van der Waals surface area contributed by atoms with Crippen molar-refractivity contribution in [2.24, 2.45) is 0 Å². The summed E-state index contributed by atoms with van der Waals surface area (Å²) in [5.41, 5.74) is 0.989. The molecule has 1 heterocycles. The molecular formula is C13H21ClN2OS. The van der Waals surface area contributed by atoms with Crippen LogP contribution in [0.1, 0.15) is 36.4 Å².